The van der Waals surface area contributed by atoms with Crippen LogP contribution in [-0.2, 0) is 11.2 Å². The SMILES string of the molecule is CCc1ccccc1NC(=O)CSc1ncnc2c(-c3ccc(OC)cc3)c[nH]c12. The molecule has 4 rings (SSSR count). The summed E-state index contributed by atoms with van der Waals surface area (Å²) in [4.78, 5) is 24.6. The third-order valence-corrected chi connectivity index (χ3v) is 5.83. The number of para-hydroxylation sites is 1. The molecule has 0 radical (unpaired) electrons. The molecule has 0 bridgehead atoms. The van der Waals surface area contributed by atoms with Gasteiger partial charge in [-0.1, -0.05) is 49.0 Å². The standard InChI is InChI=1S/C23H22N4O2S/c1-3-15-6-4-5-7-19(15)27-20(28)13-30-23-22-21(25-14-26-23)18(12-24-22)16-8-10-17(29-2)11-9-16/h4-12,14,24H,3,13H2,1-2H3,(H,27,28). The van der Waals surface area contributed by atoms with Gasteiger partial charge in [0.25, 0.3) is 0 Å². The van der Waals surface area contributed by atoms with Gasteiger partial charge in [0.1, 0.15) is 22.6 Å². The number of ether oxygens (including phenoxy) is 1. The predicted octanol–water partition coefficient (Wildman–Crippen LogP) is 4.93. The third-order valence-electron chi connectivity index (χ3n) is 4.84. The van der Waals surface area contributed by atoms with E-state index in [0.29, 0.717) is 0 Å². The Labute approximate surface area is 179 Å². The lowest BCUT2D eigenvalue weighted by molar-refractivity contribution is -0.113. The van der Waals surface area contributed by atoms with E-state index >= 15 is 0 Å². The molecule has 6 nitrogen and oxygen atoms in total. The smallest absolute Gasteiger partial charge is 0.234 e. The van der Waals surface area contributed by atoms with Crippen LogP contribution in [0.1, 0.15) is 12.5 Å². The third kappa shape index (κ3) is 4.16. The van der Waals surface area contributed by atoms with E-state index in [4.69, 9.17) is 4.74 Å². The number of aromatic nitrogens is 3. The minimum atomic E-state index is -0.0606. The molecule has 30 heavy (non-hydrogen) atoms. The van der Waals surface area contributed by atoms with Gasteiger partial charge in [-0.05, 0) is 35.7 Å². The lowest BCUT2D eigenvalue weighted by Crippen LogP contribution is -2.15. The van der Waals surface area contributed by atoms with Crippen molar-refractivity contribution in [2.45, 2.75) is 18.4 Å². The van der Waals surface area contributed by atoms with Crippen LogP contribution in [0.2, 0.25) is 0 Å². The van der Waals surface area contributed by atoms with Gasteiger partial charge in [0, 0.05) is 17.4 Å². The summed E-state index contributed by atoms with van der Waals surface area (Å²) in [6.45, 7) is 2.07. The topological polar surface area (TPSA) is 79.9 Å². The first-order valence-corrected chi connectivity index (χ1v) is 10.6. The molecule has 0 unspecified atom stereocenters. The van der Waals surface area contributed by atoms with Gasteiger partial charge in [-0.15, -0.1) is 0 Å². The quantitative estimate of drug-likeness (QED) is 0.329. The highest BCUT2D eigenvalue weighted by molar-refractivity contribution is 8.00. The molecule has 2 aromatic heterocycles. The van der Waals surface area contributed by atoms with Gasteiger partial charge in [-0.25, -0.2) is 9.97 Å². The number of carbonyl (C=O) groups excluding carboxylic acids is 1. The summed E-state index contributed by atoms with van der Waals surface area (Å²) >= 11 is 1.39. The highest BCUT2D eigenvalue weighted by Crippen LogP contribution is 2.32. The van der Waals surface area contributed by atoms with Crippen molar-refractivity contribution < 1.29 is 9.53 Å². The van der Waals surface area contributed by atoms with E-state index in [-0.39, 0.29) is 11.7 Å². The van der Waals surface area contributed by atoms with Gasteiger partial charge < -0.3 is 15.0 Å². The van der Waals surface area contributed by atoms with E-state index in [1.165, 1.54) is 18.1 Å². The van der Waals surface area contributed by atoms with Gasteiger partial charge in [0.2, 0.25) is 5.91 Å². The maximum Gasteiger partial charge on any atom is 0.234 e. The number of amides is 1. The van der Waals surface area contributed by atoms with Crippen molar-refractivity contribution in [1.82, 2.24) is 15.0 Å². The Morgan fingerprint density at radius 3 is 2.70 bits per heavy atom. The minimum Gasteiger partial charge on any atom is -0.497 e. The molecule has 1 amide bonds. The average Bonchev–Trinajstić information content (AvgIpc) is 3.23. The second-order valence-corrected chi connectivity index (χ2v) is 7.64. The molecule has 0 saturated carbocycles. The molecule has 2 N–H and O–H groups in total. The molecule has 0 saturated heterocycles. The number of benzene rings is 2. The summed E-state index contributed by atoms with van der Waals surface area (Å²) in [7, 11) is 1.65. The van der Waals surface area contributed by atoms with E-state index in [1.807, 2.05) is 54.7 Å². The number of methoxy groups -OCH3 is 1. The number of aryl methyl sites for hydroxylation is 1. The molecule has 0 aliphatic rings. The maximum absolute atomic E-state index is 12.5. The normalized spacial score (nSPS) is 10.9. The van der Waals surface area contributed by atoms with E-state index < -0.39 is 0 Å². The predicted molar refractivity (Wildman–Crippen MR) is 121 cm³/mol. The molecule has 7 heteroatoms. The number of anilines is 1. The van der Waals surface area contributed by atoms with Crippen LogP contribution in [-0.4, -0.2) is 33.7 Å². The van der Waals surface area contributed by atoms with Crippen molar-refractivity contribution in [2.24, 2.45) is 0 Å². The van der Waals surface area contributed by atoms with E-state index in [1.54, 1.807) is 7.11 Å². The Morgan fingerprint density at radius 2 is 1.93 bits per heavy atom. The van der Waals surface area contributed by atoms with Crippen LogP contribution in [0, 0.1) is 0 Å². The number of carbonyl (C=O) groups is 1. The van der Waals surface area contributed by atoms with Crippen LogP contribution in [0.3, 0.4) is 0 Å². The molecule has 0 atom stereocenters. The van der Waals surface area contributed by atoms with Crippen LogP contribution in [0.5, 0.6) is 5.75 Å². The monoisotopic (exact) mass is 418 g/mol. The Morgan fingerprint density at radius 1 is 1.13 bits per heavy atom. The molecule has 0 aliphatic heterocycles. The second-order valence-electron chi connectivity index (χ2n) is 6.68. The van der Waals surface area contributed by atoms with Gasteiger partial charge in [0.15, 0.2) is 0 Å². The summed E-state index contributed by atoms with van der Waals surface area (Å²) in [5.74, 6) is 1.01. The molecule has 0 fully saturated rings. The fourth-order valence-corrected chi connectivity index (χ4v) is 4.05. The molecular weight excluding hydrogens is 396 g/mol. The largest absolute Gasteiger partial charge is 0.497 e. The highest BCUT2D eigenvalue weighted by atomic mass is 32.2. The Hall–Kier alpha value is -3.32. The number of nitrogens with zero attached hydrogens (tertiary/aromatic N) is 2. The molecule has 4 aromatic rings. The van der Waals surface area contributed by atoms with E-state index in [9.17, 15) is 4.79 Å². The molecule has 2 aromatic carbocycles. The second kappa shape index (κ2) is 9.00. The van der Waals surface area contributed by atoms with Gasteiger partial charge in [-0.3, -0.25) is 4.79 Å². The average molecular weight is 419 g/mol. The van der Waals surface area contributed by atoms with Crippen molar-refractivity contribution in [3.05, 3.63) is 66.6 Å². The molecule has 152 valence electrons. The lowest BCUT2D eigenvalue weighted by Gasteiger charge is -2.09. The Bertz CT molecular complexity index is 1170. The zero-order chi connectivity index (χ0) is 20.9. The Kier molecular flexibility index (Phi) is 5.99. The number of hydrogen-bond donors (Lipinski definition) is 2. The summed E-state index contributed by atoms with van der Waals surface area (Å²) in [6.07, 6.45) is 4.32. The van der Waals surface area contributed by atoms with Crippen molar-refractivity contribution in [3.8, 4) is 16.9 Å². The van der Waals surface area contributed by atoms with E-state index in [2.05, 4.69) is 27.2 Å². The molecule has 0 aliphatic carbocycles. The number of rotatable bonds is 7. The number of fused-ring (bicyclic) bond motifs is 1. The molecule has 0 spiro atoms. The van der Waals surface area contributed by atoms with Crippen LogP contribution < -0.4 is 10.1 Å². The number of hydrogen-bond acceptors (Lipinski definition) is 5. The number of aromatic amines is 1. The van der Waals surface area contributed by atoms with Crippen LogP contribution in [0.15, 0.2) is 66.1 Å². The van der Waals surface area contributed by atoms with Crippen LogP contribution in [0.4, 0.5) is 5.69 Å². The first-order valence-electron chi connectivity index (χ1n) is 9.66. The van der Waals surface area contributed by atoms with Gasteiger partial charge in [-0.2, -0.15) is 0 Å². The van der Waals surface area contributed by atoms with Gasteiger partial charge in [0.05, 0.1) is 18.4 Å². The summed E-state index contributed by atoms with van der Waals surface area (Å²) in [5, 5.41) is 3.75. The van der Waals surface area contributed by atoms with Crippen molar-refractivity contribution in [3.63, 3.8) is 0 Å². The number of thioether (sulfide) groups is 1. The molecule has 2 heterocycles. The maximum atomic E-state index is 12.5. The first-order chi connectivity index (χ1) is 14.7. The number of H-pyrrole nitrogens is 1. The van der Waals surface area contributed by atoms with Crippen LogP contribution in [0.25, 0.3) is 22.2 Å². The van der Waals surface area contributed by atoms with E-state index in [0.717, 1.165) is 50.6 Å². The van der Waals surface area contributed by atoms with Gasteiger partial charge >= 0.3 is 0 Å². The zero-order valence-corrected chi connectivity index (χ0v) is 17.6. The van der Waals surface area contributed by atoms with Crippen molar-refractivity contribution >= 4 is 34.4 Å². The minimum absolute atomic E-state index is 0.0606. The molecular formula is C23H22N4O2S. The number of nitrogens with one attached hydrogen (secondary N) is 2. The van der Waals surface area contributed by atoms with Crippen molar-refractivity contribution in [2.75, 3.05) is 18.2 Å². The summed E-state index contributed by atoms with van der Waals surface area (Å²) in [6, 6.07) is 15.7. The lowest BCUT2D eigenvalue weighted by atomic mass is 10.1. The van der Waals surface area contributed by atoms with Crippen LogP contribution >= 0.6 is 11.8 Å². The summed E-state index contributed by atoms with van der Waals surface area (Å²) in [5.41, 5.74) is 5.65. The Balaban J connectivity index is 1.51. The fourth-order valence-electron chi connectivity index (χ4n) is 3.29. The highest BCUT2D eigenvalue weighted by Gasteiger charge is 2.14. The first kappa shape index (κ1) is 20.0. The summed E-state index contributed by atoms with van der Waals surface area (Å²) < 4.78 is 5.23. The van der Waals surface area contributed by atoms with Crippen molar-refractivity contribution in [1.29, 1.82) is 0 Å². The zero-order valence-electron chi connectivity index (χ0n) is 16.8. The fraction of sp³-hybridized carbons (Fsp3) is 0.174.